The minimum Gasteiger partial charge on any atom is -0.366 e. The average molecular weight is 221 g/mol. The second kappa shape index (κ2) is 6.10. The van der Waals surface area contributed by atoms with E-state index in [1.807, 2.05) is 10.8 Å². The fourth-order valence-corrected chi connectivity index (χ4v) is 1.49. The van der Waals surface area contributed by atoms with E-state index in [2.05, 4.69) is 18.5 Å². The molecule has 88 valence electrons. The summed E-state index contributed by atoms with van der Waals surface area (Å²) in [6, 6.07) is 0. The molecule has 0 aliphatic carbocycles. The van der Waals surface area contributed by atoms with Crippen molar-refractivity contribution in [2.45, 2.75) is 39.2 Å². The Bertz CT molecular complexity index is 368. The molecule has 1 aromatic heterocycles. The molecule has 0 fully saturated rings. The normalized spacial score (nSPS) is 10.3. The van der Waals surface area contributed by atoms with Gasteiger partial charge in [-0.2, -0.15) is 0 Å². The second-order valence-corrected chi connectivity index (χ2v) is 3.90. The number of aryl methyl sites for hydroxylation is 1. The summed E-state index contributed by atoms with van der Waals surface area (Å²) in [4.78, 5) is 15.0. The van der Waals surface area contributed by atoms with Crippen molar-refractivity contribution < 1.29 is 4.79 Å². The van der Waals surface area contributed by atoms with Crippen molar-refractivity contribution in [1.29, 1.82) is 0 Å². The van der Waals surface area contributed by atoms with Crippen molar-refractivity contribution in [2.24, 2.45) is 5.73 Å². The van der Waals surface area contributed by atoms with Crippen molar-refractivity contribution in [2.75, 3.05) is 0 Å². The SMILES string of the molecule is C=C(C(N)=O)c1cn(CCCCCC)cn1. The summed E-state index contributed by atoms with van der Waals surface area (Å²) < 4.78 is 1.97. The molecule has 0 unspecified atom stereocenters. The summed E-state index contributed by atoms with van der Waals surface area (Å²) in [5.41, 5.74) is 5.97. The Balaban J connectivity index is 2.45. The lowest BCUT2D eigenvalue weighted by Crippen LogP contribution is -2.12. The molecule has 0 aliphatic heterocycles. The van der Waals surface area contributed by atoms with Gasteiger partial charge < -0.3 is 10.3 Å². The monoisotopic (exact) mass is 221 g/mol. The molecular formula is C12H19N3O. The van der Waals surface area contributed by atoms with Crippen molar-refractivity contribution in [3.63, 3.8) is 0 Å². The maximum absolute atomic E-state index is 10.9. The Kier molecular flexibility index (Phi) is 4.76. The van der Waals surface area contributed by atoms with Crippen LogP contribution in [0.5, 0.6) is 0 Å². The number of amides is 1. The van der Waals surface area contributed by atoms with Crippen LogP contribution in [0.15, 0.2) is 19.1 Å². The average Bonchev–Trinajstić information content (AvgIpc) is 2.72. The summed E-state index contributed by atoms with van der Waals surface area (Å²) in [7, 11) is 0. The summed E-state index contributed by atoms with van der Waals surface area (Å²) in [6.45, 7) is 6.71. The summed E-state index contributed by atoms with van der Waals surface area (Å²) in [5, 5.41) is 0. The molecule has 0 saturated carbocycles. The number of aromatic nitrogens is 2. The number of imidazole rings is 1. The predicted octanol–water partition coefficient (Wildman–Crippen LogP) is 1.96. The molecule has 0 spiro atoms. The van der Waals surface area contributed by atoms with E-state index in [-0.39, 0.29) is 5.57 Å². The number of nitrogens with zero attached hydrogens (tertiary/aromatic N) is 2. The lowest BCUT2D eigenvalue weighted by molar-refractivity contribution is -0.112. The topological polar surface area (TPSA) is 60.9 Å². The maximum atomic E-state index is 10.9. The van der Waals surface area contributed by atoms with E-state index in [0.29, 0.717) is 5.69 Å². The number of unbranched alkanes of at least 4 members (excludes halogenated alkanes) is 3. The first-order valence-electron chi connectivity index (χ1n) is 5.66. The highest BCUT2D eigenvalue weighted by atomic mass is 16.1. The number of primary amides is 1. The lowest BCUT2D eigenvalue weighted by atomic mass is 10.2. The Morgan fingerprint density at radius 1 is 1.50 bits per heavy atom. The standard InChI is InChI=1S/C12H19N3O/c1-3-4-5-6-7-15-8-11(14-9-15)10(2)12(13)16/h8-9H,2-7H2,1H3,(H2,13,16). The third-order valence-corrected chi connectivity index (χ3v) is 2.51. The summed E-state index contributed by atoms with van der Waals surface area (Å²) in [5.74, 6) is -0.517. The van der Waals surface area contributed by atoms with Gasteiger partial charge in [0.05, 0.1) is 17.6 Å². The minimum atomic E-state index is -0.517. The molecule has 0 aromatic carbocycles. The highest BCUT2D eigenvalue weighted by Gasteiger charge is 2.07. The maximum Gasteiger partial charge on any atom is 0.250 e. The molecule has 0 bridgehead atoms. The molecule has 0 saturated heterocycles. The fourth-order valence-electron chi connectivity index (χ4n) is 1.49. The van der Waals surface area contributed by atoms with Crippen molar-refractivity contribution in [3.05, 3.63) is 24.8 Å². The van der Waals surface area contributed by atoms with Crippen molar-refractivity contribution in [1.82, 2.24) is 9.55 Å². The zero-order valence-electron chi connectivity index (χ0n) is 9.78. The third kappa shape index (κ3) is 3.53. The Morgan fingerprint density at radius 3 is 2.88 bits per heavy atom. The fraction of sp³-hybridized carbons (Fsp3) is 0.500. The van der Waals surface area contributed by atoms with E-state index in [1.165, 1.54) is 19.3 Å². The molecule has 0 aliphatic rings. The van der Waals surface area contributed by atoms with Crippen LogP contribution in [-0.2, 0) is 11.3 Å². The van der Waals surface area contributed by atoms with Crippen molar-refractivity contribution >= 4 is 11.5 Å². The molecule has 0 radical (unpaired) electrons. The van der Waals surface area contributed by atoms with Crippen LogP contribution in [0.3, 0.4) is 0 Å². The first-order chi connectivity index (χ1) is 7.65. The number of rotatable bonds is 7. The van der Waals surface area contributed by atoms with E-state index in [9.17, 15) is 4.79 Å². The minimum absolute atomic E-state index is 0.271. The second-order valence-electron chi connectivity index (χ2n) is 3.90. The van der Waals surface area contributed by atoms with Gasteiger partial charge in [-0.1, -0.05) is 32.8 Å². The number of hydrogen-bond donors (Lipinski definition) is 1. The molecule has 0 atom stereocenters. The van der Waals surface area contributed by atoms with Crippen LogP contribution in [0, 0.1) is 0 Å². The molecule has 4 nitrogen and oxygen atoms in total. The van der Waals surface area contributed by atoms with Gasteiger partial charge in [-0.15, -0.1) is 0 Å². The Hall–Kier alpha value is -1.58. The third-order valence-electron chi connectivity index (χ3n) is 2.51. The van der Waals surface area contributed by atoms with Crippen LogP contribution in [-0.4, -0.2) is 15.5 Å². The van der Waals surface area contributed by atoms with Gasteiger partial charge in [0.15, 0.2) is 0 Å². The first-order valence-corrected chi connectivity index (χ1v) is 5.66. The molecule has 4 heteroatoms. The molecule has 1 rings (SSSR count). The van der Waals surface area contributed by atoms with Gasteiger partial charge in [-0.3, -0.25) is 4.79 Å². The van der Waals surface area contributed by atoms with Gasteiger partial charge in [0, 0.05) is 12.7 Å². The molecular weight excluding hydrogens is 202 g/mol. The van der Waals surface area contributed by atoms with Gasteiger partial charge in [0.25, 0.3) is 0 Å². The number of carbonyl (C=O) groups excluding carboxylic acids is 1. The van der Waals surface area contributed by atoms with E-state index in [4.69, 9.17) is 5.73 Å². The zero-order chi connectivity index (χ0) is 12.0. The Morgan fingerprint density at radius 2 is 2.25 bits per heavy atom. The quantitative estimate of drug-likeness (QED) is 0.565. The smallest absolute Gasteiger partial charge is 0.250 e. The molecule has 1 amide bonds. The molecule has 1 aromatic rings. The van der Waals surface area contributed by atoms with Gasteiger partial charge >= 0.3 is 0 Å². The molecule has 16 heavy (non-hydrogen) atoms. The largest absolute Gasteiger partial charge is 0.366 e. The van der Waals surface area contributed by atoms with Crippen LogP contribution in [0.2, 0.25) is 0 Å². The summed E-state index contributed by atoms with van der Waals surface area (Å²) in [6.07, 6.45) is 8.38. The highest BCUT2D eigenvalue weighted by Crippen LogP contribution is 2.09. The molecule has 2 N–H and O–H groups in total. The molecule has 1 heterocycles. The van der Waals surface area contributed by atoms with Crippen LogP contribution in [0.25, 0.3) is 5.57 Å². The summed E-state index contributed by atoms with van der Waals surface area (Å²) >= 11 is 0. The van der Waals surface area contributed by atoms with Crippen LogP contribution >= 0.6 is 0 Å². The van der Waals surface area contributed by atoms with E-state index in [0.717, 1.165) is 13.0 Å². The van der Waals surface area contributed by atoms with E-state index >= 15 is 0 Å². The zero-order valence-corrected chi connectivity index (χ0v) is 9.78. The Labute approximate surface area is 96.2 Å². The number of hydrogen-bond acceptors (Lipinski definition) is 2. The van der Waals surface area contributed by atoms with Gasteiger partial charge in [0.1, 0.15) is 0 Å². The van der Waals surface area contributed by atoms with Crippen molar-refractivity contribution in [3.8, 4) is 0 Å². The van der Waals surface area contributed by atoms with Crippen LogP contribution in [0.1, 0.15) is 38.3 Å². The van der Waals surface area contributed by atoms with Gasteiger partial charge in [-0.25, -0.2) is 4.98 Å². The van der Waals surface area contributed by atoms with E-state index in [1.54, 1.807) is 6.33 Å². The van der Waals surface area contributed by atoms with Crippen LogP contribution < -0.4 is 5.73 Å². The predicted molar refractivity (Wildman–Crippen MR) is 64.6 cm³/mol. The lowest BCUT2D eigenvalue weighted by Gasteiger charge is -2.00. The van der Waals surface area contributed by atoms with Gasteiger partial charge in [0.2, 0.25) is 5.91 Å². The number of carbonyl (C=O) groups is 1. The van der Waals surface area contributed by atoms with E-state index < -0.39 is 5.91 Å². The number of nitrogens with two attached hydrogens (primary N) is 1. The first kappa shape index (κ1) is 12.5. The van der Waals surface area contributed by atoms with Gasteiger partial charge in [-0.05, 0) is 6.42 Å². The van der Waals surface area contributed by atoms with Crippen LogP contribution in [0.4, 0.5) is 0 Å². The highest BCUT2D eigenvalue weighted by molar-refractivity contribution is 6.17.